The van der Waals surface area contributed by atoms with Gasteiger partial charge in [0.05, 0.1) is 0 Å². The number of pyridine rings is 1. The molecule has 0 fully saturated rings. The van der Waals surface area contributed by atoms with Crippen LogP contribution in [-0.4, -0.2) is 11.0 Å². The van der Waals surface area contributed by atoms with Gasteiger partial charge in [0.15, 0.2) is 0 Å². The molecular formula is C16H26N2. The lowest BCUT2D eigenvalue weighted by Crippen LogP contribution is -2.15. The van der Waals surface area contributed by atoms with Gasteiger partial charge in [0.1, 0.15) is 5.82 Å². The lowest BCUT2D eigenvalue weighted by molar-refractivity contribution is 0.711. The number of aryl methyl sites for hydroxylation is 1. The Bertz CT molecular complexity index is 408. The molecule has 0 spiro atoms. The molecule has 0 saturated carbocycles. The molecule has 0 unspecified atom stereocenters. The average molecular weight is 246 g/mol. The van der Waals surface area contributed by atoms with Crippen molar-refractivity contribution in [2.75, 3.05) is 5.32 Å². The molecule has 1 aromatic rings. The number of anilines is 1. The Morgan fingerprint density at radius 2 is 1.78 bits per heavy atom. The molecule has 0 saturated heterocycles. The molecule has 1 N–H and O–H groups in total. The molecule has 0 aromatic carbocycles. The third-order valence-corrected chi connectivity index (χ3v) is 3.63. The van der Waals surface area contributed by atoms with Crippen LogP contribution in [0, 0.1) is 0 Å². The van der Waals surface area contributed by atoms with Crippen molar-refractivity contribution in [3.63, 3.8) is 0 Å². The Kier molecular flexibility index (Phi) is 4.26. The maximum absolute atomic E-state index is 4.86. The van der Waals surface area contributed by atoms with Crippen LogP contribution in [0.1, 0.15) is 69.7 Å². The van der Waals surface area contributed by atoms with Gasteiger partial charge in [-0.1, -0.05) is 20.3 Å². The van der Waals surface area contributed by atoms with Gasteiger partial charge in [-0.25, -0.2) is 4.98 Å². The minimum atomic E-state index is 0.451. The van der Waals surface area contributed by atoms with Crippen LogP contribution >= 0.6 is 0 Å². The predicted octanol–water partition coefficient (Wildman–Crippen LogP) is 4.29. The first-order chi connectivity index (χ1) is 8.58. The van der Waals surface area contributed by atoms with E-state index in [2.05, 4.69) is 39.1 Å². The molecule has 2 nitrogen and oxygen atoms in total. The van der Waals surface area contributed by atoms with E-state index in [4.69, 9.17) is 4.98 Å². The number of rotatable bonds is 3. The highest BCUT2D eigenvalue weighted by atomic mass is 15.0. The van der Waals surface area contributed by atoms with Crippen molar-refractivity contribution in [1.29, 1.82) is 0 Å². The van der Waals surface area contributed by atoms with Gasteiger partial charge in [0.2, 0.25) is 0 Å². The lowest BCUT2D eigenvalue weighted by atomic mass is 9.99. The summed E-state index contributed by atoms with van der Waals surface area (Å²) in [6.45, 7) is 8.83. The Morgan fingerprint density at radius 1 is 1.06 bits per heavy atom. The maximum Gasteiger partial charge on any atom is 0.129 e. The average Bonchev–Trinajstić information content (AvgIpc) is 2.53. The normalized spacial score (nSPS) is 15.7. The molecule has 0 amide bonds. The predicted molar refractivity (Wildman–Crippen MR) is 78.3 cm³/mol. The summed E-state index contributed by atoms with van der Waals surface area (Å²) < 4.78 is 0. The summed E-state index contributed by atoms with van der Waals surface area (Å²) in [6, 6.07) is 2.80. The number of nitrogens with zero attached hydrogens (tertiary/aromatic N) is 1. The number of hydrogen-bond acceptors (Lipinski definition) is 2. The van der Waals surface area contributed by atoms with Crippen LogP contribution in [0.4, 0.5) is 5.82 Å². The Balaban J connectivity index is 2.43. The molecule has 0 bridgehead atoms. The molecule has 1 aliphatic rings. The van der Waals surface area contributed by atoms with Crippen molar-refractivity contribution in [1.82, 2.24) is 4.98 Å². The molecule has 1 aromatic heterocycles. The zero-order valence-corrected chi connectivity index (χ0v) is 12.2. The van der Waals surface area contributed by atoms with E-state index in [0.29, 0.717) is 12.0 Å². The number of aromatic nitrogens is 1. The van der Waals surface area contributed by atoms with Gasteiger partial charge >= 0.3 is 0 Å². The SMILES string of the molecule is CC(C)Nc1nc(C(C)C)cc2c1CCCCC2. The molecule has 1 heterocycles. The molecule has 0 radical (unpaired) electrons. The largest absolute Gasteiger partial charge is 0.368 e. The zero-order valence-electron chi connectivity index (χ0n) is 12.2. The van der Waals surface area contributed by atoms with E-state index in [0.717, 1.165) is 5.82 Å². The van der Waals surface area contributed by atoms with E-state index in [1.807, 2.05) is 0 Å². The van der Waals surface area contributed by atoms with E-state index in [1.165, 1.54) is 48.9 Å². The van der Waals surface area contributed by atoms with Gasteiger partial charge in [-0.2, -0.15) is 0 Å². The lowest BCUT2D eigenvalue weighted by Gasteiger charge is -2.19. The maximum atomic E-state index is 4.86. The minimum Gasteiger partial charge on any atom is -0.368 e. The van der Waals surface area contributed by atoms with Crippen molar-refractivity contribution in [3.8, 4) is 0 Å². The van der Waals surface area contributed by atoms with Gasteiger partial charge in [-0.3, -0.25) is 0 Å². The van der Waals surface area contributed by atoms with Crippen LogP contribution in [0.2, 0.25) is 0 Å². The van der Waals surface area contributed by atoms with Crippen LogP contribution in [0.5, 0.6) is 0 Å². The topological polar surface area (TPSA) is 24.9 Å². The van der Waals surface area contributed by atoms with Crippen LogP contribution in [0.25, 0.3) is 0 Å². The fourth-order valence-corrected chi connectivity index (χ4v) is 2.63. The Hall–Kier alpha value is -1.05. The third kappa shape index (κ3) is 3.04. The molecule has 100 valence electrons. The highest BCUT2D eigenvalue weighted by molar-refractivity contribution is 5.51. The fraction of sp³-hybridized carbons (Fsp3) is 0.688. The standard InChI is InChI=1S/C16H26N2/c1-11(2)15-10-13-8-6-5-7-9-14(13)16(18-15)17-12(3)4/h10-12H,5-9H2,1-4H3,(H,17,18). The quantitative estimate of drug-likeness (QED) is 0.805. The van der Waals surface area contributed by atoms with E-state index < -0.39 is 0 Å². The first kappa shape index (κ1) is 13.4. The Morgan fingerprint density at radius 3 is 2.44 bits per heavy atom. The fourth-order valence-electron chi connectivity index (χ4n) is 2.63. The zero-order chi connectivity index (χ0) is 13.1. The highest BCUT2D eigenvalue weighted by Gasteiger charge is 2.16. The van der Waals surface area contributed by atoms with E-state index >= 15 is 0 Å². The summed E-state index contributed by atoms with van der Waals surface area (Å²) in [5.41, 5.74) is 4.25. The minimum absolute atomic E-state index is 0.451. The second kappa shape index (κ2) is 5.73. The molecule has 18 heavy (non-hydrogen) atoms. The second-order valence-electron chi connectivity index (χ2n) is 6.05. The molecular weight excluding hydrogens is 220 g/mol. The van der Waals surface area contributed by atoms with Crippen molar-refractivity contribution in [2.45, 2.75) is 71.8 Å². The summed E-state index contributed by atoms with van der Waals surface area (Å²) in [7, 11) is 0. The molecule has 0 aliphatic heterocycles. The smallest absolute Gasteiger partial charge is 0.129 e. The van der Waals surface area contributed by atoms with Crippen LogP contribution in [0.15, 0.2) is 6.07 Å². The first-order valence-electron chi connectivity index (χ1n) is 7.37. The molecule has 2 heteroatoms. The van der Waals surface area contributed by atoms with E-state index in [9.17, 15) is 0 Å². The van der Waals surface area contributed by atoms with Crippen molar-refractivity contribution in [2.24, 2.45) is 0 Å². The van der Waals surface area contributed by atoms with E-state index in [1.54, 1.807) is 0 Å². The van der Waals surface area contributed by atoms with Gasteiger partial charge in [-0.15, -0.1) is 0 Å². The molecule has 2 rings (SSSR count). The van der Waals surface area contributed by atoms with Gasteiger partial charge < -0.3 is 5.32 Å². The van der Waals surface area contributed by atoms with Gasteiger partial charge in [-0.05, 0) is 62.6 Å². The summed E-state index contributed by atoms with van der Waals surface area (Å²) in [5, 5.41) is 3.54. The van der Waals surface area contributed by atoms with Gasteiger partial charge in [0.25, 0.3) is 0 Å². The summed E-state index contributed by atoms with van der Waals surface area (Å²) in [4.78, 5) is 4.86. The van der Waals surface area contributed by atoms with Crippen molar-refractivity contribution < 1.29 is 0 Å². The summed E-state index contributed by atoms with van der Waals surface area (Å²) >= 11 is 0. The summed E-state index contributed by atoms with van der Waals surface area (Å²) in [6.07, 6.45) is 6.41. The van der Waals surface area contributed by atoms with Crippen LogP contribution in [-0.2, 0) is 12.8 Å². The summed E-state index contributed by atoms with van der Waals surface area (Å²) in [5.74, 6) is 1.65. The first-order valence-corrected chi connectivity index (χ1v) is 7.37. The van der Waals surface area contributed by atoms with Crippen molar-refractivity contribution in [3.05, 3.63) is 22.9 Å². The van der Waals surface area contributed by atoms with Crippen LogP contribution in [0.3, 0.4) is 0 Å². The number of fused-ring (bicyclic) bond motifs is 1. The monoisotopic (exact) mass is 246 g/mol. The number of hydrogen-bond donors (Lipinski definition) is 1. The highest BCUT2D eigenvalue weighted by Crippen LogP contribution is 2.29. The van der Waals surface area contributed by atoms with Crippen LogP contribution < -0.4 is 5.32 Å². The van der Waals surface area contributed by atoms with Crippen molar-refractivity contribution >= 4 is 5.82 Å². The number of nitrogens with one attached hydrogen (secondary N) is 1. The second-order valence-corrected chi connectivity index (χ2v) is 6.05. The Labute approximate surface area is 111 Å². The molecule has 1 aliphatic carbocycles. The molecule has 0 atom stereocenters. The third-order valence-electron chi connectivity index (χ3n) is 3.63. The van der Waals surface area contributed by atoms with E-state index in [-0.39, 0.29) is 0 Å². The van der Waals surface area contributed by atoms with Gasteiger partial charge in [0, 0.05) is 11.7 Å².